The second kappa shape index (κ2) is 6.06. The number of aliphatic hydroxyl groups is 4. The van der Waals surface area contributed by atoms with Gasteiger partial charge in [-0.05, 0) is 0 Å². The zero-order valence-corrected chi connectivity index (χ0v) is 11.1. The number of rotatable bonds is 2. The number of hydrogen-bond acceptors (Lipinski definition) is 6. The molecule has 5 N–H and O–H groups in total. The zero-order valence-electron chi connectivity index (χ0n) is 8.83. The summed E-state index contributed by atoms with van der Waals surface area (Å²) in [5.74, 6) is -1.09. The second-order valence-corrected chi connectivity index (χ2v) is 6.01. The summed E-state index contributed by atoms with van der Waals surface area (Å²) in [6.45, 7) is -0.611. The van der Waals surface area contributed by atoms with Crippen molar-refractivity contribution < 1.29 is 30.0 Å². The van der Waals surface area contributed by atoms with E-state index in [1.54, 1.807) is 0 Å². The van der Waals surface area contributed by atoms with Crippen LogP contribution in [-0.4, -0.2) is 67.4 Å². The molecule has 5 atom stereocenters. The molecule has 0 aromatic rings. The number of alkyl halides is 3. The highest BCUT2D eigenvalue weighted by atomic mass is 35.6. The summed E-state index contributed by atoms with van der Waals surface area (Å²) in [5.41, 5.74) is 0. The summed E-state index contributed by atoms with van der Waals surface area (Å²) >= 11 is 15.9. The zero-order chi connectivity index (χ0) is 14.1. The maximum absolute atomic E-state index is 11.4. The normalized spacial score (nSPS) is 37.4. The minimum absolute atomic E-state index is 0.611. The molecule has 1 heterocycles. The first kappa shape index (κ1) is 16.2. The lowest BCUT2D eigenvalue weighted by molar-refractivity contribution is -0.253. The van der Waals surface area contributed by atoms with Gasteiger partial charge in [-0.25, -0.2) is 0 Å². The van der Waals surface area contributed by atoms with Gasteiger partial charge in [0.15, 0.2) is 6.29 Å². The van der Waals surface area contributed by atoms with Crippen molar-refractivity contribution >= 4 is 40.7 Å². The topological polar surface area (TPSA) is 119 Å². The molecule has 106 valence electrons. The fourth-order valence-corrected chi connectivity index (χ4v) is 1.65. The molecule has 0 aliphatic carbocycles. The van der Waals surface area contributed by atoms with Crippen LogP contribution in [0.5, 0.6) is 0 Å². The van der Waals surface area contributed by atoms with Crippen molar-refractivity contribution in [3.8, 4) is 0 Å². The number of nitrogens with one attached hydrogen (secondary N) is 1. The largest absolute Gasteiger partial charge is 0.394 e. The highest BCUT2D eigenvalue weighted by molar-refractivity contribution is 6.76. The van der Waals surface area contributed by atoms with Crippen LogP contribution in [0.3, 0.4) is 0 Å². The van der Waals surface area contributed by atoms with Crippen molar-refractivity contribution in [3.05, 3.63) is 0 Å². The van der Waals surface area contributed by atoms with E-state index in [0.717, 1.165) is 0 Å². The van der Waals surface area contributed by atoms with Crippen LogP contribution in [0.1, 0.15) is 0 Å². The van der Waals surface area contributed by atoms with Crippen LogP contribution in [-0.2, 0) is 9.53 Å². The third-order valence-corrected chi connectivity index (χ3v) is 2.97. The molecule has 0 aromatic heterocycles. The molecule has 0 radical (unpaired) electrons. The van der Waals surface area contributed by atoms with Gasteiger partial charge in [-0.3, -0.25) is 4.79 Å². The Bertz CT molecular complexity index is 312. The molecule has 18 heavy (non-hydrogen) atoms. The van der Waals surface area contributed by atoms with Gasteiger partial charge in [0.05, 0.1) is 6.61 Å². The van der Waals surface area contributed by atoms with Crippen LogP contribution in [0.4, 0.5) is 0 Å². The first-order valence-corrected chi connectivity index (χ1v) is 6.00. The Kier molecular flexibility index (Phi) is 5.45. The van der Waals surface area contributed by atoms with E-state index in [9.17, 15) is 20.1 Å². The van der Waals surface area contributed by atoms with Crippen molar-refractivity contribution in [3.63, 3.8) is 0 Å². The Labute approximate surface area is 117 Å². The van der Waals surface area contributed by atoms with Crippen molar-refractivity contribution in [2.24, 2.45) is 0 Å². The maximum Gasteiger partial charge on any atom is 0.272 e. The highest BCUT2D eigenvalue weighted by Gasteiger charge is 2.46. The average molecular weight is 325 g/mol. The van der Waals surface area contributed by atoms with Gasteiger partial charge in [-0.2, -0.15) is 0 Å². The standard InChI is InChI=1S/C8H12Cl3NO6/c9-8(10,11)7(17)12-3-5(15)4(14)2(1-13)18-6(3)16/h2-6,13-16H,1H2,(H,12,17)/t2-,3-,4-,5-,6+/m1/s1. The lowest BCUT2D eigenvalue weighted by Gasteiger charge is -2.40. The van der Waals surface area contributed by atoms with Crippen molar-refractivity contribution in [1.29, 1.82) is 0 Å². The molecule has 1 saturated heterocycles. The van der Waals surface area contributed by atoms with Gasteiger partial charge in [0.25, 0.3) is 9.70 Å². The molecule has 1 rings (SSSR count). The van der Waals surface area contributed by atoms with Crippen LogP contribution in [0, 0.1) is 0 Å². The average Bonchev–Trinajstić information content (AvgIpc) is 2.27. The van der Waals surface area contributed by atoms with Gasteiger partial charge in [-0.1, -0.05) is 34.8 Å². The summed E-state index contributed by atoms with van der Waals surface area (Å²) < 4.78 is 2.52. The van der Waals surface area contributed by atoms with E-state index in [0.29, 0.717) is 0 Å². The predicted octanol–water partition coefficient (Wildman–Crippen LogP) is -1.73. The molecule has 0 spiro atoms. The molecule has 1 amide bonds. The fourth-order valence-electron chi connectivity index (χ4n) is 1.49. The number of carbonyl (C=O) groups excluding carboxylic acids is 1. The third kappa shape index (κ3) is 3.58. The van der Waals surface area contributed by atoms with Gasteiger partial charge in [0, 0.05) is 0 Å². The number of aliphatic hydroxyl groups excluding tert-OH is 4. The summed E-state index contributed by atoms with van der Waals surface area (Å²) in [6.07, 6.45) is -5.91. The molecule has 10 heteroatoms. The monoisotopic (exact) mass is 323 g/mol. The van der Waals surface area contributed by atoms with Crippen LogP contribution in [0.25, 0.3) is 0 Å². The minimum atomic E-state index is -2.28. The van der Waals surface area contributed by atoms with Crippen LogP contribution in [0.15, 0.2) is 0 Å². The van der Waals surface area contributed by atoms with E-state index in [2.05, 4.69) is 0 Å². The van der Waals surface area contributed by atoms with Gasteiger partial charge in [0.2, 0.25) is 0 Å². The molecule has 0 saturated carbocycles. The summed E-state index contributed by atoms with van der Waals surface area (Å²) in [4.78, 5) is 11.4. The number of ether oxygens (including phenoxy) is 1. The van der Waals surface area contributed by atoms with Crippen LogP contribution < -0.4 is 5.32 Å². The summed E-state index contributed by atoms with van der Waals surface area (Å²) in [7, 11) is 0. The smallest absolute Gasteiger partial charge is 0.272 e. The third-order valence-electron chi connectivity index (χ3n) is 2.46. The van der Waals surface area contributed by atoms with Crippen molar-refractivity contribution in [2.45, 2.75) is 34.4 Å². The molecule has 1 fully saturated rings. The molecule has 0 unspecified atom stereocenters. The van der Waals surface area contributed by atoms with Crippen molar-refractivity contribution in [1.82, 2.24) is 5.32 Å². The van der Waals surface area contributed by atoms with Gasteiger partial charge in [0.1, 0.15) is 24.4 Å². The molecule has 7 nitrogen and oxygen atoms in total. The van der Waals surface area contributed by atoms with Gasteiger partial charge in [-0.15, -0.1) is 0 Å². The molecular formula is C8H12Cl3NO6. The lowest BCUT2D eigenvalue weighted by atomic mass is 9.97. The Hall–Kier alpha value is 0.140. The van der Waals surface area contributed by atoms with E-state index in [1.807, 2.05) is 5.32 Å². The summed E-state index contributed by atoms with van der Waals surface area (Å²) in [5, 5.41) is 39.6. The Morgan fingerprint density at radius 1 is 1.22 bits per heavy atom. The Balaban J connectivity index is 2.74. The number of amides is 1. The van der Waals surface area contributed by atoms with E-state index in [1.165, 1.54) is 0 Å². The SMILES string of the molecule is O=C(N[C@@H]1[C@@H](O)[C@H](O)[C@@H](CO)O[C@@H]1O)C(Cl)(Cl)Cl. The Morgan fingerprint density at radius 2 is 1.78 bits per heavy atom. The minimum Gasteiger partial charge on any atom is -0.394 e. The molecule has 0 aromatic carbocycles. The van der Waals surface area contributed by atoms with Crippen LogP contribution in [0.2, 0.25) is 0 Å². The molecular weight excluding hydrogens is 312 g/mol. The van der Waals surface area contributed by atoms with E-state index in [4.69, 9.17) is 44.6 Å². The molecule has 1 aliphatic rings. The van der Waals surface area contributed by atoms with Crippen molar-refractivity contribution in [2.75, 3.05) is 6.61 Å². The fraction of sp³-hybridized carbons (Fsp3) is 0.875. The quantitative estimate of drug-likeness (QED) is 0.385. The molecule has 1 aliphatic heterocycles. The summed E-state index contributed by atoms with van der Waals surface area (Å²) in [6, 6.07) is -1.38. The first-order valence-electron chi connectivity index (χ1n) is 4.86. The maximum atomic E-state index is 11.4. The second-order valence-electron chi connectivity index (χ2n) is 3.73. The van der Waals surface area contributed by atoms with E-state index < -0.39 is 47.0 Å². The van der Waals surface area contributed by atoms with Gasteiger partial charge >= 0.3 is 0 Å². The number of hydrogen-bond donors (Lipinski definition) is 5. The lowest BCUT2D eigenvalue weighted by Crippen LogP contribution is -2.65. The highest BCUT2D eigenvalue weighted by Crippen LogP contribution is 2.27. The first-order chi connectivity index (χ1) is 8.18. The molecule has 0 bridgehead atoms. The number of carbonyl (C=O) groups is 1. The predicted molar refractivity (Wildman–Crippen MR) is 62.2 cm³/mol. The van der Waals surface area contributed by atoms with Gasteiger partial charge < -0.3 is 30.5 Å². The van der Waals surface area contributed by atoms with E-state index >= 15 is 0 Å². The van der Waals surface area contributed by atoms with Crippen LogP contribution >= 0.6 is 34.8 Å². The van der Waals surface area contributed by atoms with E-state index in [-0.39, 0.29) is 0 Å². The number of halogens is 3. The Morgan fingerprint density at radius 3 is 2.22 bits per heavy atom.